The molecule has 0 saturated heterocycles. The Bertz CT molecular complexity index is 635. The van der Waals surface area contributed by atoms with Crippen molar-refractivity contribution in [1.82, 2.24) is 0 Å². The first-order valence-corrected chi connectivity index (χ1v) is 5.86. The lowest BCUT2D eigenvalue weighted by atomic mass is 10.1. The van der Waals surface area contributed by atoms with Crippen molar-refractivity contribution in [2.45, 2.75) is 13.8 Å². The van der Waals surface area contributed by atoms with Crippen LogP contribution in [0, 0.1) is 13.8 Å². The summed E-state index contributed by atoms with van der Waals surface area (Å²) in [6.45, 7) is 3.93. The molecule has 4 nitrogen and oxygen atoms in total. The molecule has 0 fully saturated rings. The van der Waals surface area contributed by atoms with E-state index in [1.807, 2.05) is 32.0 Å². The number of ether oxygens (including phenoxy) is 1. The molecule has 0 amide bonds. The van der Waals surface area contributed by atoms with Gasteiger partial charge in [0, 0.05) is 0 Å². The summed E-state index contributed by atoms with van der Waals surface area (Å²) in [5.41, 5.74) is 8.09. The number of carboxylic acids is 1. The molecule has 3 N–H and O–H groups in total. The van der Waals surface area contributed by atoms with Crippen LogP contribution in [0.1, 0.15) is 21.5 Å². The van der Waals surface area contributed by atoms with Crippen LogP contribution >= 0.6 is 0 Å². The van der Waals surface area contributed by atoms with Gasteiger partial charge in [0.2, 0.25) is 0 Å². The fraction of sp³-hybridized carbons (Fsp3) is 0.133. The highest BCUT2D eigenvalue weighted by molar-refractivity contribution is 5.95. The lowest BCUT2D eigenvalue weighted by molar-refractivity contribution is 0.0697. The first-order chi connectivity index (χ1) is 8.99. The summed E-state index contributed by atoms with van der Waals surface area (Å²) in [6, 6.07) is 10.5. The molecule has 0 saturated carbocycles. The smallest absolute Gasteiger partial charge is 0.337 e. The number of aryl methyl sites for hydroxylation is 2. The van der Waals surface area contributed by atoms with E-state index in [1.165, 1.54) is 6.07 Å². The number of anilines is 1. The predicted molar refractivity (Wildman–Crippen MR) is 73.8 cm³/mol. The second-order valence-corrected chi connectivity index (χ2v) is 4.39. The molecule has 2 aromatic carbocycles. The molecule has 2 rings (SSSR count). The van der Waals surface area contributed by atoms with Gasteiger partial charge in [0.15, 0.2) is 5.75 Å². The van der Waals surface area contributed by atoms with Gasteiger partial charge in [-0.3, -0.25) is 0 Å². The fourth-order valence-corrected chi connectivity index (χ4v) is 1.85. The first-order valence-electron chi connectivity index (χ1n) is 5.86. The van der Waals surface area contributed by atoms with Gasteiger partial charge in [0.25, 0.3) is 0 Å². The lowest BCUT2D eigenvalue weighted by Gasteiger charge is -2.12. The number of nitrogens with two attached hydrogens (primary N) is 1. The van der Waals surface area contributed by atoms with E-state index in [0.717, 1.165) is 11.1 Å². The molecule has 98 valence electrons. The zero-order valence-electron chi connectivity index (χ0n) is 10.8. The third-order valence-corrected chi connectivity index (χ3v) is 2.85. The maximum absolute atomic E-state index is 11.0. The second-order valence-electron chi connectivity index (χ2n) is 4.39. The van der Waals surface area contributed by atoms with E-state index in [9.17, 15) is 4.79 Å². The molecule has 0 aromatic heterocycles. The van der Waals surface area contributed by atoms with E-state index >= 15 is 0 Å². The second kappa shape index (κ2) is 5.02. The van der Waals surface area contributed by atoms with E-state index in [1.54, 1.807) is 12.1 Å². The van der Waals surface area contributed by atoms with Gasteiger partial charge >= 0.3 is 5.97 Å². The van der Waals surface area contributed by atoms with Crippen LogP contribution in [0.5, 0.6) is 11.5 Å². The molecule has 0 spiro atoms. The monoisotopic (exact) mass is 257 g/mol. The highest BCUT2D eigenvalue weighted by Crippen LogP contribution is 2.31. The third kappa shape index (κ3) is 2.68. The van der Waals surface area contributed by atoms with Crippen LogP contribution in [0.4, 0.5) is 5.69 Å². The van der Waals surface area contributed by atoms with Gasteiger partial charge in [-0.2, -0.15) is 0 Å². The van der Waals surface area contributed by atoms with E-state index < -0.39 is 5.97 Å². The Hall–Kier alpha value is -2.49. The molecule has 19 heavy (non-hydrogen) atoms. The number of para-hydroxylation sites is 1. The Morgan fingerprint density at radius 1 is 1.16 bits per heavy atom. The predicted octanol–water partition coefficient (Wildman–Crippen LogP) is 3.38. The summed E-state index contributed by atoms with van der Waals surface area (Å²) in [7, 11) is 0. The molecule has 2 aromatic rings. The normalized spacial score (nSPS) is 10.2. The molecular weight excluding hydrogens is 242 g/mol. The number of benzene rings is 2. The number of aromatic carboxylic acids is 1. The van der Waals surface area contributed by atoms with Gasteiger partial charge in [-0.25, -0.2) is 4.79 Å². The quantitative estimate of drug-likeness (QED) is 0.827. The summed E-state index contributed by atoms with van der Waals surface area (Å²) in [6.07, 6.45) is 0. The van der Waals surface area contributed by atoms with Crippen LogP contribution < -0.4 is 10.5 Å². The van der Waals surface area contributed by atoms with Crippen LogP contribution in [0.25, 0.3) is 0 Å². The lowest BCUT2D eigenvalue weighted by Crippen LogP contribution is -2.03. The number of rotatable bonds is 3. The maximum Gasteiger partial charge on any atom is 0.337 e. The van der Waals surface area contributed by atoms with E-state index in [4.69, 9.17) is 15.6 Å². The van der Waals surface area contributed by atoms with Crippen molar-refractivity contribution >= 4 is 11.7 Å². The van der Waals surface area contributed by atoms with Crippen molar-refractivity contribution in [3.05, 3.63) is 53.1 Å². The maximum atomic E-state index is 11.0. The number of carbonyl (C=O) groups is 1. The van der Waals surface area contributed by atoms with Crippen molar-refractivity contribution in [2.24, 2.45) is 0 Å². The van der Waals surface area contributed by atoms with Gasteiger partial charge in [-0.1, -0.05) is 23.8 Å². The van der Waals surface area contributed by atoms with Crippen LogP contribution in [-0.4, -0.2) is 11.1 Å². The zero-order valence-corrected chi connectivity index (χ0v) is 10.8. The summed E-state index contributed by atoms with van der Waals surface area (Å²) in [5.74, 6) is -0.0460. The van der Waals surface area contributed by atoms with Crippen LogP contribution in [-0.2, 0) is 0 Å². The standard InChI is InChI=1S/C15H15NO3/c1-9-6-7-12(10(2)8-9)19-13-5-3-4-11(14(13)16)15(17)18/h3-8H,16H2,1-2H3,(H,17,18). The van der Waals surface area contributed by atoms with E-state index in [-0.39, 0.29) is 11.3 Å². The number of hydrogen-bond donors (Lipinski definition) is 2. The van der Waals surface area contributed by atoms with Crippen molar-refractivity contribution in [1.29, 1.82) is 0 Å². The summed E-state index contributed by atoms with van der Waals surface area (Å²) < 4.78 is 5.70. The Balaban J connectivity index is 2.38. The molecule has 0 aliphatic carbocycles. The fourth-order valence-electron chi connectivity index (χ4n) is 1.85. The first kappa shape index (κ1) is 13.0. The van der Waals surface area contributed by atoms with Gasteiger partial charge in [-0.05, 0) is 37.6 Å². The van der Waals surface area contributed by atoms with Gasteiger partial charge in [0.05, 0.1) is 11.3 Å². The molecule has 4 heteroatoms. The highest BCUT2D eigenvalue weighted by Gasteiger charge is 2.13. The number of hydrogen-bond acceptors (Lipinski definition) is 3. The van der Waals surface area contributed by atoms with E-state index in [0.29, 0.717) is 11.5 Å². The summed E-state index contributed by atoms with van der Waals surface area (Å²) in [5, 5.41) is 9.01. The molecular formula is C15H15NO3. The van der Waals surface area contributed by atoms with Crippen molar-refractivity contribution in [2.75, 3.05) is 5.73 Å². The molecule has 0 aliphatic rings. The zero-order chi connectivity index (χ0) is 14.0. The SMILES string of the molecule is Cc1ccc(Oc2cccc(C(=O)O)c2N)c(C)c1. The average molecular weight is 257 g/mol. The van der Waals surface area contributed by atoms with Gasteiger partial charge in [0.1, 0.15) is 5.75 Å². The third-order valence-electron chi connectivity index (χ3n) is 2.85. The number of carboxylic acid groups (broad SMARTS) is 1. The van der Waals surface area contributed by atoms with Crippen LogP contribution in [0.3, 0.4) is 0 Å². The molecule has 0 bridgehead atoms. The Labute approximate surface area is 111 Å². The Morgan fingerprint density at radius 3 is 2.53 bits per heavy atom. The minimum atomic E-state index is -1.07. The van der Waals surface area contributed by atoms with Gasteiger partial charge in [-0.15, -0.1) is 0 Å². The Kier molecular flexibility index (Phi) is 3.42. The minimum Gasteiger partial charge on any atom is -0.478 e. The van der Waals surface area contributed by atoms with Crippen molar-refractivity contribution in [3.8, 4) is 11.5 Å². The van der Waals surface area contributed by atoms with Crippen molar-refractivity contribution < 1.29 is 14.6 Å². The topological polar surface area (TPSA) is 72.5 Å². The Morgan fingerprint density at radius 2 is 1.89 bits per heavy atom. The van der Waals surface area contributed by atoms with E-state index in [2.05, 4.69) is 0 Å². The molecule has 0 unspecified atom stereocenters. The highest BCUT2D eigenvalue weighted by atomic mass is 16.5. The summed E-state index contributed by atoms with van der Waals surface area (Å²) >= 11 is 0. The van der Waals surface area contributed by atoms with Crippen LogP contribution in [0.2, 0.25) is 0 Å². The van der Waals surface area contributed by atoms with Gasteiger partial charge < -0.3 is 15.6 Å². The van der Waals surface area contributed by atoms with Crippen LogP contribution in [0.15, 0.2) is 36.4 Å². The molecule has 0 atom stereocenters. The summed E-state index contributed by atoms with van der Waals surface area (Å²) in [4.78, 5) is 11.0. The minimum absolute atomic E-state index is 0.0438. The molecule has 0 radical (unpaired) electrons. The average Bonchev–Trinajstić information content (AvgIpc) is 2.34. The molecule has 0 aliphatic heterocycles. The van der Waals surface area contributed by atoms with Crippen molar-refractivity contribution in [3.63, 3.8) is 0 Å². The molecule has 0 heterocycles. The number of nitrogen functional groups attached to an aromatic ring is 1. The largest absolute Gasteiger partial charge is 0.478 e.